The molecule has 2 aromatic rings. The van der Waals surface area contributed by atoms with Crippen LogP contribution in [0.25, 0.3) is 5.70 Å². The molecule has 0 saturated carbocycles. The second-order valence-corrected chi connectivity index (χ2v) is 10.6. The second-order valence-electron chi connectivity index (χ2n) is 8.93. The monoisotopic (exact) mass is 540 g/mol. The number of carboxylic acids is 1. The molecule has 0 aliphatic carbocycles. The highest BCUT2D eigenvalue weighted by atomic mass is 32.2. The lowest BCUT2D eigenvalue weighted by molar-refractivity contribution is -0.139. The Morgan fingerprint density at radius 2 is 1.79 bits per heavy atom. The van der Waals surface area contributed by atoms with Gasteiger partial charge in [-0.15, -0.1) is 0 Å². The van der Waals surface area contributed by atoms with Crippen molar-refractivity contribution in [2.24, 2.45) is 0 Å². The Morgan fingerprint density at radius 3 is 2.45 bits per heavy atom. The van der Waals surface area contributed by atoms with E-state index in [0.29, 0.717) is 26.1 Å². The molecule has 11 heteroatoms. The molecule has 202 valence electrons. The molecule has 0 unspecified atom stereocenters. The molecule has 2 aliphatic heterocycles. The minimum Gasteiger partial charge on any atom is -0.489 e. The summed E-state index contributed by atoms with van der Waals surface area (Å²) in [4.78, 5) is 18.5. The molecule has 0 spiro atoms. The summed E-state index contributed by atoms with van der Waals surface area (Å²) in [7, 11) is -2.31. The van der Waals surface area contributed by atoms with E-state index in [0.717, 1.165) is 33.8 Å². The molecule has 0 bridgehead atoms. The van der Waals surface area contributed by atoms with Crippen LogP contribution in [0.3, 0.4) is 0 Å². The number of fused-ring (bicyclic) bond motifs is 1. The molecular formula is C27H32N4O6S. The van der Waals surface area contributed by atoms with Gasteiger partial charge in [0, 0.05) is 48.6 Å². The minimum absolute atomic E-state index is 0.244. The zero-order valence-electron chi connectivity index (χ0n) is 21.4. The van der Waals surface area contributed by atoms with E-state index in [1.807, 2.05) is 55.5 Å². The van der Waals surface area contributed by atoms with Gasteiger partial charge in [0.25, 0.3) is 10.2 Å². The first kappa shape index (κ1) is 27.5. The van der Waals surface area contributed by atoms with E-state index in [-0.39, 0.29) is 19.5 Å². The molecule has 0 radical (unpaired) electrons. The Hall–Kier alpha value is -3.56. The van der Waals surface area contributed by atoms with Crippen molar-refractivity contribution in [2.75, 3.05) is 44.8 Å². The van der Waals surface area contributed by atoms with Crippen LogP contribution < -0.4 is 19.8 Å². The zero-order valence-corrected chi connectivity index (χ0v) is 22.3. The Bertz CT molecular complexity index is 1340. The van der Waals surface area contributed by atoms with Gasteiger partial charge in [-0.2, -0.15) is 17.4 Å². The highest BCUT2D eigenvalue weighted by Crippen LogP contribution is 2.29. The Kier molecular flexibility index (Phi) is 8.91. The first-order valence-corrected chi connectivity index (χ1v) is 13.9. The number of hydroxylamine groups is 1. The zero-order chi connectivity index (χ0) is 27.1. The number of nitrogens with one attached hydrogen (secondary N) is 2. The van der Waals surface area contributed by atoms with Crippen LogP contribution in [0, 0.1) is 11.8 Å². The molecular weight excluding hydrogens is 508 g/mol. The SMILES string of the molecule is CCC[C@H](NS(=O)(=O)N1CCN(c2ccc(C#Cc3ccc4c(c3)C(NOC)=CCO4)cc2)CC1)C(=O)O. The van der Waals surface area contributed by atoms with Crippen molar-refractivity contribution in [2.45, 2.75) is 25.8 Å². The number of ether oxygens (including phenoxy) is 1. The fourth-order valence-corrected chi connectivity index (χ4v) is 5.71. The number of piperazine rings is 1. The summed E-state index contributed by atoms with van der Waals surface area (Å²) in [6, 6.07) is 12.5. The van der Waals surface area contributed by atoms with Crippen molar-refractivity contribution in [3.8, 4) is 17.6 Å². The molecule has 1 fully saturated rings. The molecule has 2 aliphatic rings. The third kappa shape index (κ3) is 6.65. The number of hydrogen-bond donors (Lipinski definition) is 3. The van der Waals surface area contributed by atoms with Gasteiger partial charge in [0.05, 0.1) is 12.8 Å². The van der Waals surface area contributed by atoms with E-state index in [1.165, 1.54) is 4.31 Å². The number of rotatable bonds is 9. The predicted molar refractivity (Wildman–Crippen MR) is 145 cm³/mol. The highest BCUT2D eigenvalue weighted by Gasteiger charge is 2.31. The van der Waals surface area contributed by atoms with E-state index in [4.69, 9.17) is 9.57 Å². The summed E-state index contributed by atoms with van der Waals surface area (Å²) in [6.45, 7) is 3.83. The molecule has 2 aromatic carbocycles. The minimum atomic E-state index is -3.87. The van der Waals surface area contributed by atoms with Crippen LogP contribution in [0.1, 0.15) is 36.5 Å². The number of nitrogens with zero attached hydrogens (tertiary/aromatic N) is 2. The molecule has 1 saturated heterocycles. The van der Waals surface area contributed by atoms with Crippen molar-refractivity contribution >= 4 is 27.6 Å². The predicted octanol–water partition coefficient (Wildman–Crippen LogP) is 2.18. The van der Waals surface area contributed by atoms with Gasteiger partial charge in [0.15, 0.2) is 0 Å². The first-order chi connectivity index (χ1) is 18.3. The second kappa shape index (κ2) is 12.3. The first-order valence-electron chi connectivity index (χ1n) is 12.4. The van der Waals surface area contributed by atoms with Crippen LogP contribution in [-0.4, -0.2) is 69.7 Å². The number of benzene rings is 2. The number of carboxylic acid groups (broad SMARTS) is 1. The van der Waals surface area contributed by atoms with E-state index in [1.54, 1.807) is 7.11 Å². The summed E-state index contributed by atoms with van der Waals surface area (Å²) < 4.78 is 34.7. The fourth-order valence-electron chi connectivity index (χ4n) is 4.34. The lowest BCUT2D eigenvalue weighted by Gasteiger charge is -2.35. The van der Waals surface area contributed by atoms with Crippen molar-refractivity contribution < 1.29 is 27.9 Å². The summed E-state index contributed by atoms with van der Waals surface area (Å²) >= 11 is 0. The number of hydrogen-bond acceptors (Lipinski definition) is 7. The third-order valence-electron chi connectivity index (χ3n) is 6.34. The Labute approximate surface area is 223 Å². The standard InChI is InChI=1S/C27H32N4O6S/c1-3-4-25(27(32)33)29-38(34,35)31-16-14-30(15-17-31)22-10-7-20(8-11-22)5-6-21-9-12-26-23(19-21)24(28-36-2)13-18-37-26/h7-13,19,25,28-29H,3-4,14-18H2,1-2H3,(H,32,33)/t25-/m0/s1. The quantitative estimate of drug-likeness (QED) is 0.327. The van der Waals surface area contributed by atoms with Gasteiger partial charge >= 0.3 is 5.97 Å². The van der Waals surface area contributed by atoms with Crippen molar-refractivity contribution in [3.05, 3.63) is 65.2 Å². The third-order valence-corrected chi connectivity index (χ3v) is 7.96. The molecule has 3 N–H and O–H groups in total. The summed E-state index contributed by atoms with van der Waals surface area (Å²) in [5.74, 6) is 5.98. The van der Waals surface area contributed by atoms with Crippen LogP contribution >= 0.6 is 0 Å². The maximum absolute atomic E-state index is 12.7. The van der Waals surface area contributed by atoms with E-state index >= 15 is 0 Å². The lowest BCUT2D eigenvalue weighted by Crippen LogP contribution is -2.54. The van der Waals surface area contributed by atoms with Gasteiger partial charge < -0.3 is 14.7 Å². The molecule has 1 atom stereocenters. The van der Waals surface area contributed by atoms with Crippen LogP contribution in [0.2, 0.25) is 0 Å². The number of carbonyl (C=O) groups is 1. The van der Waals surface area contributed by atoms with Crippen LogP contribution in [-0.2, 0) is 19.8 Å². The summed E-state index contributed by atoms with van der Waals surface area (Å²) in [6.07, 6.45) is 2.72. The Balaban J connectivity index is 1.36. The normalized spacial score (nSPS) is 16.4. The van der Waals surface area contributed by atoms with Crippen LogP contribution in [0.4, 0.5) is 5.69 Å². The molecule has 2 heterocycles. The fraction of sp³-hybridized carbons (Fsp3) is 0.370. The average molecular weight is 541 g/mol. The van der Waals surface area contributed by atoms with Gasteiger partial charge in [-0.25, -0.2) is 0 Å². The van der Waals surface area contributed by atoms with Gasteiger partial charge in [0.1, 0.15) is 18.4 Å². The number of anilines is 1. The molecule has 4 rings (SSSR count). The van der Waals surface area contributed by atoms with E-state index in [2.05, 4.69) is 26.9 Å². The van der Waals surface area contributed by atoms with E-state index in [9.17, 15) is 18.3 Å². The lowest BCUT2D eigenvalue weighted by atomic mass is 10.0. The van der Waals surface area contributed by atoms with Crippen LogP contribution in [0.15, 0.2) is 48.5 Å². The van der Waals surface area contributed by atoms with Gasteiger partial charge in [-0.05, 0) is 55.0 Å². The van der Waals surface area contributed by atoms with Crippen molar-refractivity contribution in [3.63, 3.8) is 0 Å². The highest BCUT2D eigenvalue weighted by molar-refractivity contribution is 7.87. The summed E-state index contributed by atoms with van der Waals surface area (Å²) in [5, 5.41) is 9.28. The van der Waals surface area contributed by atoms with E-state index < -0.39 is 22.2 Å². The maximum atomic E-state index is 12.7. The number of aliphatic carboxylic acids is 1. The molecule has 10 nitrogen and oxygen atoms in total. The van der Waals surface area contributed by atoms with Crippen molar-refractivity contribution in [1.29, 1.82) is 0 Å². The average Bonchev–Trinajstić information content (AvgIpc) is 2.92. The molecule has 0 aromatic heterocycles. The smallest absolute Gasteiger partial charge is 0.321 e. The molecule has 0 amide bonds. The van der Waals surface area contributed by atoms with Crippen molar-refractivity contribution in [1.82, 2.24) is 14.5 Å². The van der Waals surface area contributed by atoms with Crippen LogP contribution in [0.5, 0.6) is 5.75 Å². The largest absolute Gasteiger partial charge is 0.489 e. The Morgan fingerprint density at radius 1 is 1.11 bits per heavy atom. The summed E-state index contributed by atoms with van der Waals surface area (Å²) in [5.41, 5.74) is 7.28. The van der Waals surface area contributed by atoms with Gasteiger partial charge in [-0.3, -0.25) is 15.1 Å². The maximum Gasteiger partial charge on any atom is 0.321 e. The molecule has 38 heavy (non-hydrogen) atoms. The topological polar surface area (TPSA) is 120 Å². The van der Waals surface area contributed by atoms with Gasteiger partial charge in [-0.1, -0.05) is 25.2 Å². The van der Waals surface area contributed by atoms with Gasteiger partial charge in [0.2, 0.25) is 0 Å².